The van der Waals surface area contributed by atoms with E-state index in [9.17, 15) is 5.26 Å². The van der Waals surface area contributed by atoms with Gasteiger partial charge in [0.05, 0.1) is 25.7 Å². The van der Waals surface area contributed by atoms with Crippen molar-refractivity contribution in [3.05, 3.63) is 23.8 Å². The van der Waals surface area contributed by atoms with Crippen molar-refractivity contribution in [3.8, 4) is 17.6 Å². The van der Waals surface area contributed by atoms with Gasteiger partial charge >= 0.3 is 0 Å². The highest BCUT2D eigenvalue weighted by atomic mass is 35.5. The number of ether oxygens (including phenoxy) is 2. The molecule has 0 saturated carbocycles. The number of rotatable bonds is 10. The van der Waals surface area contributed by atoms with Crippen molar-refractivity contribution in [2.75, 3.05) is 40.2 Å². The summed E-state index contributed by atoms with van der Waals surface area (Å²) < 4.78 is 10.7. The van der Waals surface area contributed by atoms with Crippen LogP contribution in [0.5, 0.6) is 11.5 Å². The number of benzene rings is 1. The largest absolute Gasteiger partial charge is 0.493 e. The predicted octanol–water partition coefficient (Wildman–Crippen LogP) is 4.07. The highest BCUT2D eigenvalue weighted by Crippen LogP contribution is 2.40. The molecule has 1 atom stereocenters. The van der Waals surface area contributed by atoms with Gasteiger partial charge in [-0.05, 0) is 50.0 Å². The molecule has 0 amide bonds. The maximum absolute atomic E-state index is 10.0. The molecular formula is C19H29ClN2O2. The minimum atomic E-state index is -0.540. The highest BCUT2D eigenvalue weighted by Gasteiger charge is 2.36. The van der Waals surface area contributed by atoms with Crippen LogP contribution in [0.4, 0.5) is 0 Å². The average molecular weight is 353 g/mol. The van der Waals surface area contributed by atoms with E-state index in [1.165, 1.54) is 0 Å². The van der Waals surface area contributed by atoms with Gasteiger partial charge in [0.1, 0.15) is 0 Å². The van der Waals surface area contributed by atoms with Crippen LogP contribution >= 0.6 is 11.6 Å². The topological polar surface area (TPSA) is 45.5 Å². The molecule has 134 valence electrons. The van der Waals surface area contributed by atoms with Crippen LogP contribution in [0, 0.1) is 17.2 Å². The summed E-state index contributed by atoms with van der Waals surface area (Å²) >= 11 is 5.78. The van der Waals surface area contributed by atoms with Crippen molar-refractivity contribution in [2.24, 2.45) is 5.92 Å². The van der Waals surface area contributed by atoms with Crippen LogP contribution in [-0.4, -0.2) is 45.1 Å². The number of alkyl halides is 1. The maximum Gasteiger partial charge on any atom is 0.161 e. The zero-order valence-electron chi connectivity index (χ0n) is 15.4. The van der Waals surface area contributed by atoms with Crippen molar-refractivity contribution in [1.82, 2.24) is 4.90 Å². The Morgan fingerprint density at radius 2 is 1.88 bits per heavy atom. The summed E-state index contributed by atoms with van der Waals surface area (Å²) in [6.45, 7) is 5.99. The van der Waals surface area contributed by atoms with Gasteiger partial charge in [0.2, 0.25) is 0 Å². The number of hydrogen-bond donors (Lipinski definition) is 0. The van der Waals surface area contributed by atoms with E-state index in [4.69, 9.17) is 21.1 Å². The van der Waals surface area contributed by atoms with E-state index < -0.39 is 5.41 Å². The van der Waals surface area contributed by atoms with Gasteiger partial charge in [-0.25, -0.2) is 0 Å². The maximum atomic E-state index is 10.0. The fourth-order valence-corrected chi connectivity index (χ4v) is 3.30. The van der Waals surface area contributed by atoms with E-state index >= 15 is 0 Å². The Morgan fingerprint density at radius 3 is 2.38 bits per heavy atom. The molecule has 4 nitrogen and oxygen atoms in total. The Labute approximate surface area is 151 Å². The molecule has 0 radical (unpaired) electrons. The lowest BCUT2D eigenvalue weighted by Gasteiger charge is -2.32. The Balaban J connectivity index is 3.06. The quantitative estimate of drug-likeness (QED) is 0.595. The van der Waals surface area contributed by atoms with Crippen molar-refractivity contribution in [3.63, 3.8) is 0 Å². The fraction of sp³-hybridized carbons (Fsp3) is 0.632. The second-order valence-electron chi connectivity index (χ2n) is 6.40. The summed E-state index contributed by atoms with van der Waals surface area (Å²) in [7, 11) is 5.29. The summed E-state index contributed by atoms with van der Waals surface area (Å²) in [6.07, 6.45) is 1.73. The van der Waals surface area contributed by atoms with E-state index in [-0.39, 0.29) is 5.92 Å². The van der Waals surface area contributed by atoms with Crippen molar-refractivity contribution in [1.29, 1.82) is 5.26 Å². The van der Waals surface area contributed by atoms with Crippen molar-refractivity contribution < 1.29 is 9.47 Å². The summed E-state index contributed by atoms with van der Waals surface area (Å²) in [5.74, 6) is 2.16. The van der Waals surface area contributed by atoms with Crippen LogP contribution < -0.4 is 9.47 Å². The number of nitrogens with zero attached hydrogens (tertiary/aromatic N) is 2. The predicted molar refractivity (Wildman–Crippen MR) is 99.1 cm³/mol. The molecule has 0 heterocycles. The molecule has 0 aliphatic rings. The third kappa shape index (κ3) is 4.78. The van der Waals surface area contributed by atoms with Gasteiger partial charge in [-0.1, -0.05) is 19.9 Å². The van der Waals surface area contributed by atoms with Gasteiger partial charge in [0.25, 0.3) is 0 Å². The van der Waals surface area contributed by atoms with Crippen LogP contribution in [0.3, 0.4) is 0 Å². The Morgan fingerprint density at radius 1 is 1.21 bits per heavy atom. The van der Waals surface area contributed by atoms with Crippen LogP contribution in [0.25, 0.3) is 0 Å². The molecule has 0 saturated heterocycles. The number of halogens is 1. The first kappa shape index (κ1) is 20.6. The highest BCUT2D eigenvalue weighted by molar-refractivity contribution is 6.18. The van der Waals surface area contributed by atoms with Gasteiger partial charge in [0, 0.05) is 12.4 Å². The van der Waals surface area contributed by atoms with Crippen LogP contribution in [0.1, 0.15) is 32.3 Å². The SMILES string of the molecule is COc1ccc(C(C#N)(CCCN(C)CCCl)C(C)C)cc1OC. The van der Waals surface area contributed by atoms with Crippen molar-refractivity contribution >= 4 is 11.6 Å². The number of methoxy groups -OCH3 is 2. The smallest absolute Gasteiger partial charge is 0.161 e. The molecule has 1 rings (SSSR count). The molecule has 0 aliphatic heterocycles. The number of hydrogen-bond acceptors (Lipinski definition) is 4. The lowest BCUT2D eigenvalue weighted by Crippen LogP contribution is -2.32. The molecule has 0 aromatic heterocycles. The van der Waals surface area contributed by atoms with Gasteiger partial charge < -0.3 is 14.4 Å². The third-order valence-corrected chi connectivity index (χ3v) is 4.83. The van der Waals surface area contributed by atoms with E-state index in [1.807, 2.05) is 18.2 Å². The standard InChI is InChI=1S/C19H29ClN2O2/c1-15(2)19(14-21,9-6-11-22(3)12-10-20)16-7-8-17(23-4)18(13-16)24-5/h7-8,13,15H,6,9-12H2,1-5H3. The third-order valence-electron chi connectivity index (χ3n) is 4.66. The normalized spacial score (nSPS) is 13.6. The van der Waals surface area contributed by atoms with Gasteiger partial charge in [0.15, 0.2) is 11.5 Å². The second-order valence-corrected chi connectivity index (χ2v) is 6.78. The molecule has 1 aromatic rings. The summed E-state index contributed by atoms with van der Waals surface area (Å²) in [4.78, 5) is 2.20. The molecule has 1 unspecified atom stereocenters. The molecule has 5 heteroatoms. The molecule has 0 aliphatic carbocycles. The molecule has 24 heavy (non-hydrogen) atoms. The van der Waals surface area contributed by atoms with Gasteiger partial charge in [-0.15, -0.1) is 11.6 Å². The second kappa shape index (κ2) is 9.76. The minimum Gasteiger partial charge on any atom is -0.493 e. The van der Waals surface area contributed by atoms with Gasteiger partial charge in [-0.3, -0.25) is 0 Å². The Bertz CT molecular complexity index is 557. The van der Waals surface area contributed by atoms with Crippen LogP contribution in [-0.2, 0) is 5.41 Å². The first-order valence-corrected chi connectivity index (χ1v) is 8.86. The Kier molecular flexibility index (Phi) is 8.38. The summed E-state index contributed by atoms with van der Waals surface area (Å²) in [6, 6.07) is 8.38. The molecule has 0 bridgehead atoms. The van der Waals surface area contributed by atoms with Crippen molar-refractivity contribution in [2.45, 2.75) is 32.1 Å². The van der Waals surface area contributed by atoms with Crippen LogP contribution in [0.2, 0.25) is 0 Å². The summed E-state index contributed by atoms with van der Waals surface area (Å²) in [5.41, 5.74) is 0.444. The van der Waals surface area contributed by atoms with E-state index in [0.717, 1.165) is 31.5 Å². The van der Waals surface area contributed by atoms with Gasteiger partial charge in [-0.2, -0.15) is 5.26 Å². The zero-order valence-corrected chi connectivity index (χ0v) is 16.2. The minimum absolute atomic E-state index is 0.193. The molecule has 0 fully saturated rings. The summed E-state index contributed by atoms with van der Waals surface area (Å²) in [5, 5.41) is 10.0. The zero-order chi connectivity index (χ0) is 18.2. The molecular weight excluding hydrogens is 324 g/mol. The van der Waals surface area contributed by atoms with Crippen LogP contribution in [0.15, 0.2) is 18.2 Å². The lowest BCUT2D eigenvalue weighted by atomic mass is 9.69. The molecule has 0 spiro atoms. The molecule has 1 aromatic carbocycles. The first-order valence-electron chi connectivity index (χ1n) is 8.33. The first-order chi connectivity index (χ1) is 11.4. The lowest BCUT2D eigenvalue weighted by molar-refractivity contribution is 0.300. The monoisotopic (exact) mass is 352 g/mol. The molecule has 0 N–H and O–H groups in total. The van der Waals surface area contributed by atoms with E-state index in [1.54, 1.807) is 14.2 Å². The van der Waals surface area contributed by atoms with E-state index in [2.05, 4.69) is 31.9 Å². The Hall–Kier alpha value is -1.44. The van der Waals surface area contributed by atoms with E-state index in [0.29, 0.717) is 17.4 Å². The fourth-order valence-electron chi connectivity index (χ4n) is 3.01. The number of nitriles is 1. The average Bonchev–Trinajstić information content (AvgIpc) is 2.58.